The van der Waals surface area contributed by atoms with Gasteiger partial charge in [-0.25, -0.2) is 0 Å². The van der Waals surface area contributed by atoms with Crippen molar-refractivity contribution in [3.05, 3.63) is 29.8 Å². The predicted molar refractivity (Wildman–Crippen MR) is 116 cm³/mol. The second-order valence-corrected chi connectivity index (χ2v) is 6.87. The second-order valence-electron chi connectivity index (χ2n) is 6.87. The van der Waals surface area contributed by atoms with E-state index >= 15 is 0 Å². The van der Waals surface area contributed by atoms with Crippen molar-refractivity contribution in [1.82, 2.24) is 15.1 Å². The number of guanidine groups is 1. The zero-order chi connectivity index (χ0) is 19.9. The number of para-hydroxylation sites is 1. The van der Waals surface area contributed by atoms with Crippen LogP contribution in [0.5, 0.6) is 5.75 Å². The number of hydrogen-bond donors (Lipinski definition) is 1. The molecular formula is C19H30F3IN4O. The van der Waals surface area contributed by atoms with Gasteiger partial charge in [-0.15, -0.1) is 24.0 Å². The summed E-state index contributed by atoms with van der Waals surface area (Å²) in [4.78, 5) is 8.13. The van der Waals surface area contributed by atoms with Gasteiger partial charge in [0.15, 0.2) is 5.96 Å². The summed E-state index contributed by atoms with van der Waals surface area (Å²) in [5.74, 6) is 1.72. The number of aliphatic imine (C=N–C) groups is 1. The van der Waals surface area contributed by atoms with E-state index in [2.05, 4.69) is 10.3 Å². The Labute approximate surface area is 182 Å². The SMILES string of the molecule is CCNC(=NCC1CCN(CC(F)(F)F)C1)N(C)Cc1ccccc1OC.I. The third-order valence-corrected chi connectivity index (χ3v) is 4.57. The summed E-state index contributed by atoms with van der Waals surface area (Å²) in [6.07, 6.45) is -3.39. The van der Waals surface area contributed by atoms with E-state index in [4.69, 9.17) is 4.74 Å². The van der Waals surface area contributed by atoms with E-state index in [1.165, 1.54) is 4.90 Å². The van der Waals surface area contributed by atoms with Gasteiger partial charge in [-0.2, -0.15) is 13.2 Å². The van der Waals surface area contributed by atoms with E-state index in [1.54, 1.807) is 7.11 Å². The number of halogens is 4. The lowest BCUT2D eigenvalue weighted by atomic mass is 10.1. The van der Waals surface area contributed by atoms with E-state index in [1.807, 2.05) is 43.1 Å². The summed E-state index contributed by atoms with van der Waals surface area (Å²) >= 11 is 0. The first-order chi connectivity index (χ1) is 12.8. The summed E-state index contributed by atoms with van der Waals surface area (Å²) in [5, 5.41) is 3.26. The largest absolute Gasteiger partial charge is 0.496 e. The quantitative estimate of drug-likeness (QED) is 0.343. The van der Waals surface area contributed by atoms with Crippen LogP contribution in [-0.2, 0) is 6.54 Å². The first-order valence-electron chi connectivity index (χ1n) is 9.22. The highest BCUT2D eigenvalue weighted by molar-refractivity contribution is 14.0. The molecule has 2 rings (SSSR count). The number of ether oxygens (including phenoxy) is 1. The minimum absolute atomic E-state index is 0. The van der Waals surface area contributed by atoms with Gasteiger partial charge in [0.05, 0.1) is 13.7 Å². The molecule has 1 unspecified atom stereocenters. The van der Waals surface area contributed by atoms with Gasteiger partial charge >= 0.3 is 6.18 Å². The Morgan fingerprint density at radius 3 is 2.71 bits per heavy atom. The molecule has 1 aliphatic heterocycles. The van der Waals surface area contributed by atoms with Crippen molar-refractivity contribution in [2.75, 3.05) is 46.9 Å². The molecule has 5 nitrogen and oxygen atoms in total. The van der Waals surface area contributed by atoms with Gasteiger partial charge in [-0.3, -0.25) is 9.89 Å². The highest BCUT2D eigenvalue weighted by atomic mass is 127. The first-order valence-corrected chi connectivity index (χ1v) is 9.22. The first kappa shape index (κ1) is 24.8. The average molecular weight is 514 g/mol. The Balaban J connectivity index is 0.00000392. The molecule has 0 aliphatic carbocycles. The molecule has 1 atom stereocenters. The molecule has 0 spiro atoms. The number of methoxy groups -OCH3 is 1. The molecular weight excluding hydrogens is 484 g/mol. The summed E-state index contributed by atoms with van der Waals surface area (Å²) in [6, 6.07) is 7.81. The third-order valence-electron chi connectivity index (χ3n) is 4.57. The normalized spacial score (nSPS) is 17.9. The van der Waals surface area contributed by atoms with Gasteiger partial charge in [-0.1, -0.05) is 18.2 Å². The maximum Gasteiger partial charge on any atom is 0.401 e. The Bertz CT molecular complexity index is 627. The van der Waals surface area contributed by atoms with Gasteiger partial charge < -0.3 is 15.0 Å². The van der Waals surface area contributed by atoms with Crippen LogP contribution in [0.1, 0.15) is 18.9 Å². The molecule has 0 saturated carbocycles. The van der Waals surface area contributed by atoms with Crippen LogP contribution in [0.2, 0.25) is 0 Å². The van der Waals surface area contributed by atoms with Crippen LogP contribution in [0, 0.1) is 5.92 Å². The van der Waals surface area contributed by atoms with E-state index in [-0.39, 0.29) is 29.9 Å². The minimum atomic E-state index is -4.14. The van der Waals surface area contributed by atoms with Crippen molar-refractivity contribution in [2.24, 2.45) is 10.9 Å². The molecule has 28 heavy (non-hydrogen) atoms. The summed E-state index contributed by atoms with van der Waals surface area (Å²) < 4.78 is 43.0. The zero-order valence-corrected chi connectivity index (χ0v) is 19.0. The topological polar surface area (TPSA) is 40.1 Å². The molecule has 0 radical (unpaired) electrons. The highest BCUT2D eigenvalue weighted by Gasteiger charge is 2.34. The fraction of sp³-hybridized carbons (Fsp3) is 0.632. The van der Waals surface area contributed by atoms with Crippen molar-refractivity contribution in [3.63, 3.8) is 0 Å². The van der Waals surface area contributed by atoms with Gasteiger partial charge in [0.1, 0.15) is 5.75 Å². The summed E-state index contributed by atoms with van der Waals surface area (Å²) in [5.41, 5.74) is 1.05. The van der Waals surface area contributed by atoms with Crippen molar-refractivity contribution < 1.29 is 17.9 Å². The summed E-state index contributed by atoms with van der Waals surface area (Å²) in [6.45, 7) is 3.95. The second kappa shape index (κ2) is 11.7. The van der Waals surface area contributed by atoms with Crippen LogP contribution in [0.15, 0.2) is 29.3 Å². The van der Waals surface area contributed by atoms with Crippen molar-refractivity contribution in [1.29, 1.82) is 0 Å². The van der Waals surface area contributed by atoms with E-state index in [0.29, 0.717) is 26.2 Å². The third kappa shape index (κ3) is 8.02. The molecule has 1 fully saturated rings. The molecule has 1 aliphatic rings. The van der Waals surface area contributed by atoms with Gasteiger partial charge in [0.25, 0.3) is 0 Å². The van der Waals surface area contributed by atoms with E-state index in [0.717, 1.165) is 30.2 Å². The highest BCUT2D eigenvalue weighted by Crippen LogP contribution is 2.23. The Kier molecular flexibility index (Phi) is 10.4. The molecule has 0 aromatic heterocycles. The Morgan fingerprint density at radius 1 is 1.36 bits per heavy atom. The fourth-order valence-corrected chi connectivity index (χ4v) is 3.31. The van der Waals surface area contributed by atoms with E-state index < -0.39 is 12.7 Å². The number of benzene rings is 1. The van der Waals surface area contributed by atoms with Gasteiger partial charge in [-0.05, 0) is 31.9 Å². The molecule has 9 heteroatoms. The predicted octanol–water partition coefficient (Wildman–Crippen LogP) is 3.59. The number of alkyl halides is 3. The monoisotopic (exact) mass is 514 g/mol. The van der Waals surface area contributed by atoms with E-state index in [9.17, 15) is 13.2 Å². The van der Waals surface area contributed by atoms with Crippen LogP contribution in [0.25, 0.3) is 0 Å². The average Bonchev–Trinajstić information content (AvgIpc) is 3.04. The lowest BCUT2D eigenvalue weighted by Crippen LogP contribution is -2.39. The number of nitrogens with zero attached hydrogens (tertiary/aromatic N) is 3. The van der Waals surface area contributed by atoms with Crippen LogP contribution in [-0.4, -0.2) is 68.8 Å². The molecule has 0 amide bonds. The fourth-order valence-electron chi connectivity index (χ4n) is 3.31. The number of rotatable bonds is 7. The molecule has 1 N–H and O–H groups in total. The number of nitrogens with one attached hydrogen (secondary N) is 1. The number of likely N-dealkylation sites (tertiary alicyclic amines) is 1. The molecule has 1 aromatic carbocycles. The van der Waals surface area contributed by atoms with Gasteiger partial charge in [0.2, 0.25) is 0 Å². The Hall–Kier alpha value is -1.23. The lowest BCUT2D eigenvalue weighted by Gasteiger charge is -2.23. The standard InChI is InChI=1S/C19H29F3N4O.HI/c1-4-23-18(25(2)13-16-7-5-6-8-17(16)27-3)24-11-15-9-10-26(12-15)14-19(20,21)22;/h5-8,15H,4,9-14H2,1-3H3,(H,23,24);1H. The van der Waals surface area contributed by atoms with Crippen LogP contribution >= 0.6 is 24.0 Å². The smallest absolute Gasteiger partial charge is 0.401 e. The zero-order valence-electron chi connectivity index (χ0n) is 16.6. The Morgan fingerprint density at radius 2 is 2.07 bits per heavy atom. The van der Waals surface area contributed by atoms with Gasteiger partial charge in [0, 0.05) is 38.8 Å². The lowest BCUT2D eigenvalue weighted by molar-refractivity contribution is -0.143. The van der Waals surface area contributed by atoms with Crippen LogP contribution in [0.3, 0.4) is 0 Å². The van der Waals surface area contributed by atoms with Crippen molar-refractivity contribution in [3.8, 4) is 5.75 Å². The molecule has 1 heterocycles. The summed E-state index contributed by atoms with van der Waals surface area (Å²) in [7, 11) is 3.59. The van der Waals surface area contributed by atoms with Crippen LogP contribution in [0.4, 0.5) is 13.2 Å². The van der Waals surface area contributed by atoms with Crippen molar-refractivity contribution >= 4 is 29.9 Å². The van der Waals surface area contributed by atoms with Crippen LogP contribution < -0.4 is 10.1 Å². The molecule has 0 bridgehead atoms. The maximum atomic E-state index is 12.5. The minimum Gasteiger partial charge on any atom is -0.496 e. The van der Waals surface area contributed by atoms with Crippen molar-refractivity contribution in [2.45, 2.75) is 26.1 Å². The molecule has 160 valence electrons. The molecule has 1 aromatic rings. The molecule has 1 saturated heterocycles. The number of hydrogen-bond acceptors (Lipinski definition) is 3. The maximum absolute atomic E-state index is 12.5.